The summed E-state index contributed by atoms with van der Waals surface area (Å²) >= 11 is 0. The fourth-order valence-electron chi connectivity index (χ4n) is 6.07. The van der Waals surface area contributed by atoms with Gasteiger partial charge in [0.1, 0.15) is 0 Å². The van der Waals surface area contributed by atoms with Crippen LogP contribution >= 0.6 is 0 Å². The molecule has 0 bridgehead atoms. The van der Waals surface area contributed by atoms with Crippen molar-refractivity contribution in [2.75, 3.05) is 76.2 Å². The van der Waals surface area contributed by atoms with E-state index in [9.17, 15) is 34.4 Å². The van der Waals surface area contributed by atoms with Crippen LogP contribution in [0.5, 0.6) is 0 Å². The number of nitrogens with one attached hydrogen (secondary N) is 3. The topological polar surface area (TPSA) is 208 Å². The van der Waals surface area contributed by atoms with Gasteiger partial charge < -0.3 is 44.9 Å². The second-order valence-electron chi connectivity index (χ2n) is 13.8. The van der Waals surface area contributed by atoms with Crippen LogP contribution in [-0.2, 0) is 51.3 Å². The molecule has 16 heteroatoms. The van der Waals surface area contributed by atoms with Crippen molar-refractivity contribution < 1.29 is 48.2 Å². The molecule has 0 spiro atoms. The van der Waals surface area contributed by atoms with E-state index in [1.807, 2.05) is 53.4 Å². The van der Waals surface area contributed by atoms with E-state index in [4.69, 9.17) is 18.9 Å². The summed E-state index contributed by atoms with van der Waals surface area (Å²) in [4.78, 5) is 62.0. The molecule has 3 aromatic rings. The molecule has 322 valence electrons. The standard InChI is InChI=1S/C44H55N5O11/c50-33-37-18-19-38(49(55)56)31-39(37)47-43(53)14-8-13-41(51)46-22-24-58-26-28-60-30-29-59-27-25-57-23-20-42(52)45-21-7-1-2-15-44(54)48-32-36-11-4-3-9-34(36)16-17-35-10-5-6-12-40(35)48/h3-6,9-12,18-19,31,50H,1-2,7-8,13-15,20-30,32-33H2,(H,45,52)(H,46,51)(H,47,53). The van der Waals surface area contributed by atoms with Crippen LogP contribution in [0.4, 0.5) is 17.1 Å². The number of unbranched alkanes of at least 4 members (excludes halogenated alkanes) is 2. The van der Waals surface area contributed by atoms with Gasteiger partial charge in [-0.2, -0.15) is 0 Å². The Hall–Kier alpha value is -5.70. The number of rotatable bonds is 28. The van der Waals surface area contributed by atoms with Crippen molar-refractivity contribution in [3.05, 3.63) is 99.1 Å². The van der Waals surface area contributed by atoms with Gasteiger partial charge in [0.25, 0.3) is 5.69 Å². The summed E-state index contributed by atoms with van der Waals surface area (Å²) in [5.74, 6) is 5.79. The highest BCUT2D eigenvalue weighted by Crippen LogP contribution is 2.27. The van der Waals surface area contributed by atoms with Gasteiger partial charge in [0.2, 0.25) is 23.6 Å². The van der Waals surface area contributed by atoms with Gasteiger partial charge in [-0.1, -0.05) is 48.6 Å². The van der Waals surface area contributed by atoms with E-state index in [0.717, 1.165) is 41.6 Å². The van der Waals surface area contributed by atoms with Crippen LogP contribution in [0.2, 0.25) is 0 Å². The molecule has 0 aromatic heterocycles. The van der Waals surface area contributed by atoms with Crippen molar-refractivity contribution >= 4 is 40.7 Å². The van der Waals surface area contributed by atoms with Gasteiger partial charge in [0.05, 0.1) is 82.3 Å². The lowest BCUT2D eigenvalue weighted by Gasteiger charge is -2.26. The van der Waals surface area contributed by atoms with Gasteiger partial charge in [-0.25, -0.2) is 0 Å². The molecular formula is C44H55N5O11. The lowest BCUT2D eigenvalue weighted by molar-refractivity contribution is -0.384. The van der Waals surface area contributed by atoms with Crippen LogP contribution in [0.3, 0.4) is 0 Å². The average molecular weight is 830 g/mol. The second kappa shape index (κ2) is 27.1. The summed E-state index contributed by atoms with van der Waals surface area (Å²) in [5.41, 5.74) is 3.94. The molecule has 0 aliphatic carbocycles. The predicted molar refractivity (Wildman–Crippen MR) is 224 cm³/mol. The Morgan fingerprint density at radius 3 is 2.02 bits per heavy atom. The zero-order chi connectivity index (χ0) is 42.8. The molecule has 0 unspecified atom stereocenters. The molecule has 4 amide bonds. The molecule has 0 fully saturated rings. The number of non-ortho nitro benzene ring substituents is 1. The molecule has 1 aliphatic rings. The third kappa shape index (κ3) is 17.3. The normalized spacial score (nSPS) is 11.6. The lowest BCUT2D eigenvalue weighted by atomic mass is 10.0. The number of benzene rings is 3. The van der Waals surface area contributed by atoms with Gasteiger partial charge in [-0.15, -0.1) is 0 Å². The Labute approximate surface area is 350 Å². The highest BCUT2D eigenvalue weighted by Gasteiger charge is 2.21. The summed E-state index contributed by atoms with van der Waals surface area (Å²) in [6.07, 6.45) is 3.42. The van der Waals surface area contributed by atoms with E-state index in [2.05, 4.69) is 27.8 Å². The van der Waals surface area contributed by atoms with Crippen molar-refractivity contribution in [1.82, 2.24) is 10.6 Å². The van der Waals surface area contributed by atoms with Gasteiger partial charge in [0.15, 0.2) is 0 Å². The van der Waals surface area contributed by atoms with Gasteiger partial charge >= 0.3 is 0 Å². The number of carbonyl (C=O) groups is 4. The molecule has 4 N–H and O–H groups in total. The number of amides is 4. The first-order chi connectivity index (χ1) is 29.2. The minimum Gasteiger partial charge on any atom is -0.392 e. The van der Waals surface area contributed by atoms with Crippen LogP contribution < -0.4 is 20.9 Å². The van der Waals surface area contributed by atoms with Crippen molar-refractivity contribution in [3.8, 4) is 11.8 Å². The van der Waals surface area contributed by atoms with Crippen molar-refractivity contribution in [1.29, 1.82) is 0 Å². The monoisotopic (exact) mass is 829 g/mol. The number of carbonyl (C=O) groups excluding carboxylic acids is 4. The number of nitrogens with zero attached hydrogens (tertiary/aromatic N) is 2. The minimum atomic E-state index is -0.591. The quantitative estimate of drug-likeness (QED) is 0.0349. The second-order valence-corrected chi connectivity index (χ2v) is 13.8. The van der Waals surface area contributed by atoms with Crippen molar-refractivity contribution in [2.24, 2.45) is 0 Å². The Morgan fingerprint density at radius 2 is 1.28 bits per heavy atom. The number of nitro groups is 1. The molecule has 0 saturated carbocycles. The van der Waals surface area contributed by atoms with E-state index < -0.39 is 10.8 Å². The summed E-state index contributed by atoms with van der Waals surface area (Å²) in [5, 5.41) is 28.6. The Bertz CT molecular complexity index is 1930. The fourth-order valence-corrected chi connectivity index (χ4v) is 6.07. The highest BCUT2D eigenvalue weighted by molar-refractivity contribution is 5.95. The molecule has 3 aromatic carbocycles. The molecule has 0 saturated heterocycles. The first-order valence-electron chi connectivity index (χ1n) is 20.3. The molecular weight excluding hydrogens is 775 g/mol. The predicted octanol–water partition coefficient (Wildman–Crippen LogP) is 4.39. The Morgan fingerprint density at radius 1 is 0.667 bits per heavy atom. The lowest BCUT2D eigenvalue weighted by Crippen LogP contribution is -2.31. The smallest absolute Gasteiger partial charge is 0.271 e. The third-order valence-electron chi connectivity index (χ3n) is 9.28. The van der Waals surface area contributed by atoms with Crippen LogP contribution in [0.15, 0.2) is 66.7 Å². The molecule has 4 rings (SSSR count). The van der Waals surface area contributed by atoms with Crippen LogP contribution in [-0.4, -0.2) is 99.6 Å². The summed E-state index contributed by atoms with van der Waals surface area (Å²) in [6.45, 7) is 3.71. The number of fused-ring (bicyclic) bond motifs is 2. The number of anilines is 2. The zero-order valence-corrected chi connectivity index (χ0v) is 33.9. The molecule has 0 radical (unpaired) electrons. The summed E-state index contributed by atoms with van der Waals surface area (Å²) in [6, 6.07) is 19.5. The molecule has 0 atom stereocenters. The van der Waals surface area contributed by atoms with E-state index in [1.165, 1.54) is 18.2 Å². The zero-order valence-electron chi connectivity index (χ0n) is 33.9. The minimum absolute atomic E-state index is 0.0312. The van der Waals surface area contributed by atoms with Gasteiger partial charge in [-0.3, -0.25) is 29.3 Å². The maximum Gasteiger partial charge on any atom is 0.271 e. The molecule has 60 heavy (non-hydrogen) atoms. The summed E-state index contributed by atoms with van der Waals surface area (Å²) < 4.78 is 21.9. The number of aliphatic hydroxyl groups is 1. The maximum absolute atomic E-state index is 13.3. The molecule has 1 heterocycles. The van der Waals surface area contributed by atoms with Crippen LogP contribution in [0.1, 0.15) is 73.6 Å². The molecule has 1 aliphatic heterocycles. The number of hydrogen-bond acceptors (Lipinski definition) is 11. The van der Waals surface area contributed by atoms with Crippen molar-refractivity contribution in [3.63, 3.8) is 0 Å². The number of nitro benzene ring substituents is 1. The van der Waals surface area contributed by atoms with Crippen molar-refractivity contribution in [2.45, 2.75) is 64.5 Å². The Balaban J connectivity index is 0.896. The van der Waals surface area contributed by atoms with E-state index in [0.29, 0.717) is 77.9 Å². The SMILES string of the molecule is O=C(CCCC(=O)Nc1cc([N+](=O)[O-])ccc1CO)NCCOCCOCCOCCOCCC(=O)NCCCCCC(=O)N1Cc2ccccc2C#Cc2ccccc21. The number of hydrogen-bond donors (Lipinski definition) is 4. The molecule has 16 nitrogen and oxygen atoms in total. The fraction of sp³-hybridized carbons (Fsp3) is 0.455. The third-order valence-corrected chi connectivity index (χ3v) is 9.28. The first kappa shape index (κ1) is 47.0. The summed E-state index contributed by atoms with van der Waals surface area (Å²) in [7, 11) is 0. The van der Waals surface area contributed by atoms with E-state index in [-0.39, 0.29) is 68.0 Å². The van der Waals surface area contributed by atoms with Gasteiger partial charge in [0, 0.05) is 67.6 Å². The highest BCUT2D eigenvalue weighted by atomic mass is 16.6. The van der Waals surface area contributed by atoms with E-state index in [1.54, 1.807) is 0 Å². The Kier molecular flexibility index (Phi) is 21.2. The average Bonchev–Trinajstić information content (AvgIpc) is 3.24. The first-order valence-corrected chi connectivity index (χ1v) is 20.3. The maximum atomic E-state index is 13.3. The largest absolute Gasteiger partial charge is 0.392 e. The van der Waals surface area contributed by atoms with Crippen LogP contribution in [0.25, 0.3) is 0 Å². The number of aliphatic hydroxyl groups excluding tert-OH is 1. The van der Waals surface area contributed by atoms with E-state index >= 15 is 0 Å². The number of ether oxygens (including phenoxy) is 4. The van der Waals surface area contributed by atoms with Crippen LogP contribution in [0, 0.1) is 22.0 Å². The van der Waals surface area contributed by atoms with Gasteiger partial charge in [-0.05, 0) is 49.1 Å². The number of para-hydroxylation sites is 1.